The maximum absolute atomic E-state index is 10.8. The fourth-order valence-corrected chi connectivity index (χ4v) is 3.37. The standard InChI is InChI=1S/C21H38O5/c1-6-7-8-9-12-15-20(2,25-4)21(3,26-5)16-13-10-11-14-18(17-22)19(23)24/h6-16H2,1-5H3,(H,23,24). The van der Waals surface area contributed by atoms with Gasteiger partial charge in [0.1, 0.15) is 11.5 Å². The molecule has 0 saturated carbocycles. The molecule has 5 heteroatoms. The molecule has 2 atom stereocenters. The monoisotopic (exact) mass is 370 g/mol. The van der Waals surface area contributed by atoms with Crippen LogP contribution in [0.3, 0.4) is 0 Å². The van der Waals surface area contributed by atoms with Gasteiger partial charge in [-0.25, -0.2) is 9.59 Å². The van der Waals surface area contributed by atoms with Crippen LogP contribution in [0.2, 0.25) is 0 Å². The number of carbonyl (C=O) groups excluding carboxylic acids is 1. The third-order valence-electron chi connectivity index (χ3n) is 5.74. The zero-order chi connectivity index (χ0) is 20.1. The predicted octanol–water partition coefficient (Wildman–Crippen LogP) is 4.95. The van der Waals surface area contributed by atoms with Crippen molar-refractivity contribution in [1.82, 2.24) is 0 Å². The molecule has 0 heterocycles. The minimum Gasteiger partial charge on any atom is -0.477 e. The number of rotatable bonds is 16. The van der Waals surface area contributed by atoms with Crippen molar-refractivity contribution in [2.24, 2.45) is 0 Å². The van der Waals surface area contributed by atoms with Crippen molar-refractivity contribution in [3.63, 3.8) is 0 Å². The van der Waals surface area contributed by atoms with E-state index in [2.05, 4.69) is 20.8 Å². The Morgan fingerprint density at radius 2 is 1.35 bits per heavy atom. The van der Waals surface area contributed by atoms with Crippen LogP contribution in [0.15, 0.2) is 5.57 Å². The molecule has 0 aliphatic rings. The molecule has 0 aromatic heterocycles. The molecule has 0 saturated heterocycles. The van der Waals surface area contributed by atoms with Crippen LogP contribution in [0.5, 0.6) is 0 Å². The molecular formula is C21H38O5. The quantitative estimate of drug-likeness (QED) is 0.236. The molecule has 0 radical (unpaired) electrons. The third kappa shape index (κ3) is 8.03. The molecule has 0 aromatic carbocycles. The largest absolute Gasteiger partial charge is 0.477 e. The van der Waals surface area contributed by atoms with Gasteiger partial charge in [0.15, 0.2) is 0 Å². The van der Waals surface area contributed by atoms with Crippen molar-refractivity contribution in [2.75, 3.05) is 14.2 Å². The third-order valence-corrected chi connectivity index (χ3v) is 5.74. The van der Waals surface area contributed by atoms with Crippen molar-refractivity contribution in [3.8, 4) is 0 Å². The highest BCUT2D eigenvalue weighted by molar-refractivity contribution is 5.95. The minimum absolute atomic E-state index is 0.173. The lowest BCUT2D eigenvalue weighted by molar-refractivity contribution is -0.176. The Hall–Kier alpha value is -1.16. The number of carboxylic acid groups (broad SMARTS) is 1. The first kappa shape index (κ1) is 24.8. The van der Waals surface area contributed by atoms with Gasteiger partial charge in [-0.05, 0) is 39.5 Å². The average molecular weight is 371 g/mol. The molecule has 1 N–H and O–H groups in total. The summed E-state index contributed by atoms with van der Waals surface area (Å²) in [5, 5.41) is 8.84. The van der Waals surface area contributed by atoms with E-state index in [1.807, 2.05) is 0 Å². The first-order chi connectivity index (χ1) is 12.3. The highest BCUT2D eigenvalue weighted by Gasteiger charge is 2.44. The van der Waals surface area contributed by atoms with Crippen LogP contribution < -0.4 is 0 Å². The smallest absolute Gasteiger partial charge is 0.342 e. The van der Waals surface area contributed by atoms with Crippen molar-refractivity contribution in [3.05, 3.63) is 5.57 Å². The van der Waals surface area contributed by atoms with Crippen molar-refractivity contribution < 1.29 is 24.2 Å². The van der Waals surface area contributed by atoms with Crippen LogP contribution in [0, 0.1) is 0 Å². The van der Waals surface area contributed by atoms with E-state index < -0.39 is 11.6 Å². The lowest BCUT2D eigenvalue weighted by Crippen LogP contribution is -2.52. The summed E-state index contributed by atoms with van der Waals surface area (Å²) < 4.78 is 11.8. The van der Waals surface area contributed by atoms with Crippen LogP contribution in [0.25, 0.3) is 0 Å². The maximum Gasteiger partial charge on any atom is 0.342 e. The molecule has 26 heavy (non-hydrogen) atoms. The Morgan fingerprint density at radius 3 is 1.73 bits per heavy atom. The summed E-state index contributed by atoms with van der Waals surface area (Å²) >= 11 is 0. The van der Waals surface area contributed by atoms with E-state index in [9.17, 15) is 9.59 Å². The Kier molecular flexibility index (Phi) is 12.5. The molecule has 0 aliphatic heterocycles. The number of methoxy groups -OCH3 is 2. The maximum atomic E-state index is 10.8. The fraction of sp³-hybridized carbons (Fsp3) is 0.857. The molecule has 2 unspecified atom stereocenters. The summed E-state index contributed by atoms with van der Waals surface area (Å²) in [4.78, 5) is 21.4. The van der Waals surface area contributed by atoms with E-state index >= 15 is 0 Å². The van der Waals surface area contributed by atoms with E-state index in [0.29, 0.717) is 6.42 Å². The van der Waals surface area contributed by atoms with Crippen molar-refractivity contribution in [1.29, 1.82) is 0 Å². The lowest BCUT2D eigenvalue weighted by Gasteiger charge is -2.45. The predicted molar refractivity (Wildman–Crippen MR) is 104 cm³/mol. The van der Waals surface area contributed by atoms with E-state index in [4.69, 9.17) is 14.6 Å². The Bertz CT molecular complexity index is 455. The summed E-state index contributed by atoms with van der Waals surface area (Å²) in [5.74, 6) is 0.344. The van der Waals surface area contributed by atoms with E-state index in [1.165, 1.54) is 31.6 Å². The normalized spacial score (nSPS) is 15.7. The van der Waals surface area contributed by atoms with Gasteiger partial charge in [-0.1, -0.05) is 51.9 Å². The van der Waals surface area contributed by atoms with Gasteiger partial charge < -0.3 is 14.6 Å². The number of carbonyl (C=O) groups is 1. The summed E-state index contributed by atoms with van der Waals surface area (Å²) in [6.45, 7) is 6.43. The van der Waals surface area contributed by atoms with E-state index in [1.54, 1.807) is 14.2 Å². The summed E-state index contributed by atoms with van der Waals surface area (Å²) in [7, 11) is 3.48. The second-order valence-corrected chi connectivity index (χ2v) is 7.48. The molecule has 0 aliphatic carbocycles. The summed E-state index contributed by atoms with van der Waals surface area (Å²) in [6, 6.07) is 0. The zero-order valence-electron chi connectivity index (χ0n) is 17.4. The highest BCUT2D eigenvalue weighted by atomic mass is 16.5. The number of ether oxygens (including phenoxy) is 2. The molecule has 0 spiro atoms. The molecule has 0 fully saturated rings. The van der Waals surface area contributed by atoms with Crippen LogP contribution >= 0.6 is 0 Å². The zero-order valence-corrected chi connectivity index (χ0v) is 17.4. The topological polar surface area (TPSA) is 72.8 Å². The average Bonchev–Trinajstić information content (AvgIpc) is 2.63. The Morgan fingerprint density at radius 1 is 0.885 bits per heavy atom. The molecule has 0 amide bonds. The molecule has 0 aromatic rings. The molecule has 152 valence electrons. The summed E-state index contributed by atoms with van der Waals surface area (Å²) in [6.07, 6.45) is 10.6. The summed E-state index contributed by atoms with van der Waals surface area (Å²) in [5.41, 5.74) is -0.931. The molecular weight excluding hydrogens is 332 g/mol. The highest BCUT2D eigenvalue weighted by Crippen LogP contribution is 2.37. The van der Waals surface area contributed by atoms with Gasteiger partial charge >= 0.3 is 5.97 Å². The minimum atomic E-state index is -1.17. The number of aliphatic carboxylic acids is 1. The second kappa shape index (κ2) is 13.1. The Balaban J connectivity index is 4.51. The van der Waals surface area contributed by atoms with E-state index in [0.717, 1.165) is 32.1 Å². The lowest BCUT2D eigenvalue weighted by atomic mass is 9.78. The number of hydrogen-bond acceptors (Lipinski definition) is 4. The van der Waals surface area contributed by atoms with Crippen LogP contribution in [-0.2, 0) is 19.1 Å². The van der Waals surface area contributed by atoms with Gasteiger partial charge in [0.25, 0.3) is 0 Å². The van der Waals surface area contributed by atoms with Gasteiger partial charge in [-0.15, -0.1) is 0 Å². The van der Waals surface area contributed by atoms with Gasteiger partial charge in [0.05, 0.1) is 11.2 Å². The van der Waals surface area contributed by atoms with Gasteiger partial charge in [-0.2, -0.15) is 0 Å². The molecule has 0 rings (SSSR count). The van der Waals surface area contributed by atoms with Gasteiger partial charge in [0, 0.05) is 14.2 Å². The van der Waals surface area contributed by atoms with Gasteiger partial charge in [0.2, 0.25) is 0 Å². The fourth-order valence-electron chi connectivity index (χ4n) is 3.37. The number of unbranched alkanes of at least 4 members (excludes halogenated alkanes) is 6. The Labute approximate surface area is 159 Å². The number of carboxylic acids is 1. The van der Waals surface area contributed by atoms with E-state index in [-0.39, 0.29) is 17.6 Å². The van der Waals surface area contributed by atoms with Crippen LogP contribution in [0.1, 0.15) is 91.4 Å². The van der Waals surface area contributed by atoms with Crippen LogP contribution in [0.4, 0.5) is 0 Å². The van der Waals surface area contributed by atoms with Crippen LogP contribution in [-0.4, -0.2) is 42.4 Å². The van der Waals surface area contributed by atoms with Crippen molar-refractivity contribution >= 4 is 11.9 Å². The molecule has 5 nitrogen and oxygen atoms in total. The first-order valence-corrected chi connectivity index (χ1v) is 9.87. The van der Waals surface area contributed by atoms with Gasteiger partial charge in [-0.3, -0.25) is 0 Å². The SMILES string of the molecule is CCCCCCCC(C)(OC)C(C)(CCCCCC(=C=O)C(=O)O)OC. The number of hydrogen-bond donors (Lipinski definition) is 1. The first-order valence-electron chi connectivity index (χ1n) is 9.87. The second-order valence-electron chi connectivity index (χ2n) is 7.48. The molecule has 0 bridgehead atoms. The van der Waals surface area contributed by atoms with Crippen molar-refractivity contribution in [2.45, 2.75) is 103 Å².